The lowest BCUT2D eigenvalue weighted by Crippen LogP contribution is -2.36. The van der Waals surface area contributed by atoms with Crippen molar-refractivity contribution < 1.29 is 19.0 Å². The van der Waals surface area contributed by atoms with E-state index in [0.717, 1.165) is 6.07 Å². The van der Waals surface area contributed by atoms with Gasteiger partial charge < -0.3 is 15.9 Å². The molecule has 1 rings (SSSR count). The molecule has 0 saturated heterocycles. The molecule has 4 N–H and O–H groups in total. The molecule has 1 atom stereocenters. The van der Waals surface area contributed by atoms with Gasteiger partial charge >= 0.3 is 0 Å². The molecule has 17 heavy (non-hydrogen) atoms. The van der Waals surface area contributed by atoms with Crippen molar-refractivity contribution in [2.75, 3.05) is 6.61 Å². The minimum absolute atomic E-state index is 0. The second-order valence-corrected chi connectivity index (χ2v) is 4.07. The topological polar surface area (TPSA) is 66.5 Å². The molecule has 0 aromatic heterocycles. The van der Waals surface area contributed by atoms with E-state index < -0.39 is 24.3 Å². The Bertz CT molecular complexity index is 404. The fourth-order valence-corrected chi connectivity index (χ4v) is 1.66. The first-order valence-corrected chi connectivity index (χ1v) is 4.97. The van der Waals surface area contributed by atoms with Crippen LogP contribution in [0.15, 0.2) is 12.1 Å². The Balaban J connectivity index is 0.00000256. The summed E-state index contributed by atoms with van der Waals surface area (Å²) in [6.07, 6.45) is 0. The number of rotatable bonds is 3. The molecule has 0 unspecified atom stereocenters. The van der Waals surface area contributed by atoms with Crippen LogP contribution in [0.2, 0.25) is 10.0 Å². The van der Waals surface area contributed by atoms with E-state index in [-0.39, 0.29) is 28.0 Å². The summed E-state index contributed by atoms with van der Waals surface area (Å²) in [7, 11) is 0. The van der Waals surface area contributed by atoms with Gasteiger partial charge in [0.15, 0.2) is 0 Å². The molecule has 1 aromatic carbocycles. The number of benzene rings is 1. The van der Waals surface area contributed by atoms with Crippen LogP contribution >= 0.6 is 35.6 Å². The van der Waals surface area contributed by atoms with E-state index in [4.69, 9.17) is 34.0 Å². The normalized spacial score (nSPS) is 13.1. The molecule has 98 valence electrons. The first-order chi connectivity index (χ1) is 7.29. The molecule has 0 amide bonds. The zero-order chi connectivity index (χ0) is 12.5. The first kappa shape index (κ1) is 16.7. The summed E-state index contributed by atoms with van der Waals surface area (Å²) >= 11 is 11.2. The number of phenolic OH excluding ortho intramolecular Hbond substituents is 1. The van der Waals surface area contributed by atoms with Crippen molar-refractivity contribution in [2.24, 2.45) is 5.73 Å². The van der Waals surface area contributed by atoms with Crippen LogP contribution in [-0.4, -0.2) is 22.7 Å². The van der Waals surface area contributed by atoms with Gasteiger partial charge in [-0.05, 0) is 12.1 Å². The summed E-state index contributed by atoms with van der Waals surface area (Å²) in [6.45, 7) is -1.43. The standard InChI is InChI=1S/C9H9Cl2F2NO2.ClH/c10-4-1-5(7(16)6(11)2-4)8(14)9(12,13)3-15;/h1-2,8,15-16H,3,14H2;1H/t8-;/m0./s1. The van der Waals surface area contributed by atoms with Crippen molar-refractivity contribution in [1.29, 1.82) is 0 Å². The predicted molar refractivity (Wildman–Crippen MR) is 64.3 cm³/mol. The van der Waals surface area contributed by atoms with Crippen LogP contribution in [0.4, 0.5) is 8.78 Å². The maximum absolute atomic E-state index is 13.1. The molecular weight excluding hydrogens is 298 g/mol. The number of hydrogen-bond acceptors (Lipinski definition) is 3. The Hall–Kier alpha value is -0.330. The zero-order valence-electron chi connectivity index (χ0n) is 8.33. The lowest BCUT2D eigenvalue weighted by Gasteiger charge is -2.22. The second-order valence-electron chi connectivity index (χ2n) is 3.22. The van der Waals surface area contributed by atoms with Gasteiger partial charge in [-0.1, -0.05) is 23.2 Å². The maximum Gasteiger partial charge on any atom is 0.289 e. The first-order valence-electron chi connectivity index (χ1n) is 4.21. The Labute approximate surface area is 113 Å². The largest absolute Gasteiger partial charge is 0.506 e. The quantitative estimate of drug-likeness (QED) is 0.804. The number of alkyl halides is 2. The van der Waals surface area contributed by atoms with Crippen LogP contribution in [-0.2, 0) is 0 Å². The van der Waals surface area contributed by atoms with Crippen LogP contribution in [0, 0.1) is 0 Å². The number of halogens is 5. The highest BCUT2D eigenvalue weighted by molar-refractivity contribution is 6.35. The van der Waals surface area contributed by atoms with Gasteiger partial charge in [0.05, 0.1) is 5.02 Å². The number of hydrogen-bond donors (Lipinski definition) is 3. The predicted octanol–water partition coefficient (Wildman–Crippen LogP) is 2.75. The third-order valence-corrected chi connectivity index (χ3v) is 2.56. The van der Waals surface area contributed by atoms with Gasteiger partial charge in [0, 0.05) is 10.6 Å². The molecule has 0 fully saturated rings. The molecule has 0 bridgehead atoms. The van der Waals surface area contributed by atoms with E-state index in [1.807, 2.05) is 0 Å². The number of aromatic hydroxyl groups is 1. The van der Waals surface area contributed by atoms with Crippen molar-refractivity contribution in [2.45, 2.75) is 12.0 Å². The van der Waals surface area contributed by atoms with Crippen LogP contribution in [0.5, 0.6) is 5.75 Å². The summed E-state index contributed by atoms with van der Waals surface area (Å²) < 4.78 is 26.2. The molecule has 1 aromatic rings. The van der Waals surface area contributed by atoms with Crippen molar-refractivity contribution >= 4 is 35.6 Å². The van der Waals surface area contributed by atoms with Gasteiger partial charge in [-0.25, -0.2) is 8.78 Å². The molecule has 0 radical (unpaired) electrons. The second kappa shape index (κ2) is 6.02. The maximum atomic E-state index is 13.1. The molecule has 0 aliphatic carbocycles. The van der Waals surface area contributed by atoms with Crippen LogP contribution in [0.3, 0.4) is 0 Å². The van der Waals surface area contributed by atoms with E-state index in [2.05, 4.69) is 0 Å². The van der Waals surface area contributed by atoms with E-state index in [1.54, 1.807) is 0 Å². The van der Waals surface area contributed by atoms with Gasteiger partial charge in [-0.3, -0.25) is 0 Å². The Morgan fingerprint density at radius 1 is 1.35 bits per heavy atom. The van der Waals surface area contributed by atoms with Crippen LogP contribution < -0.4 is 5.73 Å². The van der Waals surface area contributed by atoms with E-state index >= 15 is 0 Å². The SMILES string of the molecule is Cl.N[C@@H](c1cc(Cl)cc(Cl)c1O)C(F)(F)CO. The summed E-state index contributed by atoms with van der Waals surface area (Å²) in [5.41, 5.74) is 4.93. The van der Waals surface area contributed by atoms with Crippen molar-refractivity contribution in [3.63, 3.8) is 0 Å². The van der Waals surface area contributed by atoms with E-state index in [1.165, 1.54) is 6.07 Å². The number of nitrogens with two attached hydrogens (primary N) is 1. The molecule has 0 aliphatic rings. The lowest BCUT2D eigenvalue weighted by molar-refractivity contribution is -0.0715. The molecule has 8 heteroatoms. The van der Waals surface area contributed by atoms with E-state index in [0.29, 0.717) is 0 Å². The van der Waals surface area contributed by atoms with Crippen molar-refractivity contribution in [3.05, 3.63) is 27.7 Å². The van der Waals surface area contributed by atoms with Crippen LogP contribution in [0.1, 0.15) is 11.6 Å². The smallest absolute Gasteiger partial charge is 0.289 e. The van der Waals surface area contributed by atoms with Gasteiger partial charge in [0.25, 0.3) is 5.92 Å². The van der Waals surface area contributed by atoms with Gasteiger partial charge in [0.2, 0.25) is 0 Å². The summed E-state index contributed by atoms with van der Waals surface area (Å²) in [6, 6.07) is 0.400. The van der Waals surface area contributed by atoms with Gasteiger partial charge in [0.1, 0.15) is 18.4 Å². The van der Waals surface area contributed by atoms with Crippen molar-refractivity contribution in [3.8, 4) is 5.75 Å². The average molecular weight is 309 g/mol. The average Bonchev–Trinajstić information content (AvgIpc) is 2.22. The Morgan fingerprint density at radius 2 is 1.88 bits per heavy atom. The fraction of sp³-hybridized carbons (Fsp3) is 0.333. The molecule has 0 spiro atoms. The monoisotopic (exact) mass is 307 g/mol. The molecule has 0 heterocycles. The Morgan fingerprint density at radius 3 is 2.35 bits per heavy atom. The zero-order valence-corrected chi connectivity index (χ0v) is 10.7. The highest BCUT2D eigenvalue weighted by Crippen LogP contribution is 2.39. The third-order valence-electron chi connectivity index (χ3n) is 2.06. The van der Waals surface area contributed by atoms with Crippen molar-refractivity contribution in [1.82, 2.24) is 0 Å². The third kappa shape index (κ3) is 3.56. The molecule has 3 nitrogen and oxygen atoms in total. The fourth-order valence-electron chi connectivity index (χ4n) is 1.15. The minimum Gasteiger partial charge on any atom is -0.506 e. The summed E-state index contributed by atoms with van der Waals surface area (Å²) in [5, 5.41) is 17.8. The highest BCUT2D eigenvalue weighted by atomic mass is 35.5. The number of aliphatic hydroxyl groups excluding tert-OH is 1. The lowest BCUT2D eigenvalue weighted by atomic mass is 10.0. The molecule has 0 aliphatic heterocycles. The summed E-state index contributed by atoms with van der Waals surface area (Å²) in [4.78, 5) is 0. The Kier molecular flexibility index (Phi) is 5.90. The summed E-state index contributed by atoms with van der Waals surface area (Å²) in [5.74, 6) is -4.13. The highest BCUT2D eigenvalue weighted by Gasteiger charge is 2.39. The minimum atomic E-state index is -3.56. The van der Waals surface area contributed by atoms with E-state index in [9.17, 15) is 13.9 Å². The molecular formula is C9H10Cl3F2NO2. The number of aliphatic hydroxyl groups is 1. The van der Waals surface area contributed by atoms with Gasteiger partial charge in [-0.15, -0.1) is 12.4 Å². The van der Waals surface area contributed by atoms with Crippen LogP contribution in [0.25, 0.3) is 0 Å². The number of phenols is 1. The van der Waals surface area contributed by atoms with Gasteiger partial charge in [-0.2, -0.15) is 0 Å². The molecule has 0 saturated carbocycles.